The zero-order chi connectivity index (χ0) is 40.4. The second-order valence-electron chi connectivity index (χ2n) is 11.3. The van der Waals surface area contributed by atoms with E-state index in [0.29, 0.717) is 29.4 Å². The zero-order valence-electron chi connectivity index (χ0n) is 28.7. The Morgan fingerprint density at radius 1 is 0.907 bits per heavy atom. The van der Waals surface area contributed by atoms with Crippen LogP contribution in [0.2, 0.25) is 0 Å². The third-order valence-electron chi connectivity index (χ3n) is 6.92. The first kappa shape index (κ1) is 42.1. The molecule has 1 heterocycles. The Bertz CT molecular complexity index is 2040. The molecule has 18 heteroatoms. The van der Waals surface area contributed by atoms with Gasteiger partial charge in [0.2, 0.25) is 0 Å². The summed E-state index contributed by atoms with van der Waals surface area (Å²) in [5.41, 5.74) is 8.99. The lowest BCUT2D eigenvalue weighted by Gasteiger charge is -2.26. The highest BCUT2D eigenvalue weighted by Gasteiger charge is 2.39. The molecule has 0 unspecified atom stereocenters. The number of ether oxygens (including phenoxy) is 2. The van der Waals surface area contributed by atoms with Crippen LogP contribution in [0.1, 0.15) is 32.2 Å². The maximum Gasteiger partial charge on any atom is 0.490 e. The molecule has 0 aliphatic carbocycles. The van der Waals surface area contributed by atoms with Crippen LogP contribution in [0, 0.1) is 11.2 Å². The van der Waals surface area contributed by atoms with E-state index in [0.717, 1.165) is 22.0 Å². The molecule has 0 saturated carbocycles. The third-order valence-corrected chi connectivity index (χ3v) is 6.92. The standard InChI is InChI=1S/C32H32FN5O2.2C2HF3O2/c1-4-39-26-16-28(31(33)29(17-26)40-20(2)3)38(25-13-11-22(12-14-25)32(34)35)19-30-36-18-27(37-30)24-10-9-21-7-5-6-8-23(21)15-24;2*3-2(4,5)1(6)7/h5-18,20H,4,19H2,1-3H3,(H3,34,35)(H,36,37);2*(H,6,7). The fraction of sp³-hybridized carbons (Fsp3) is 0.222. The second-order valence-corrected chi connectivity index (χ2v) is 11.3. The van der Waals surface area contributed by atoms with Gasteiger partial charge in [0.15, 0.2) is 11.6 Å². The number of fused-ring (bicyclic) bond motifs is 1. The molecule has 0 bridgehead atoms. The van der Waals surface area contributed by atoms with Crippen LogP contribution in [-0.4, -0.2) is 63.0 Å². The van der Waals surface area contributed by atoms with Gasteiger partial charge in [0.25, 0.3) is 0 Å². The van der Waals surface area contributed by atoms with Crippen molar-refractivity contribution in [1.29, 1.82) is 5.41 Å². The smallest absolute Gasteiger partial charge is 0.490 e. The second kappa shape index (κ2) is 17.9. The van der Waals surface area contributed by atoms with Gasteiger partial charge in [-0.25, -0.2) is 19.0 Å². The van der Waals surface area contributed by atoms with Crippen LogP contribution in [0.15, 0.2) is 85.1 Å². The zero-order valence-corrected chi connectivity index (χ0v) is 28.7. The number of aromatic nitrogens is 2. The lowest BCUT2D eigenvalue weighted by Crippen LogP contribution is -2.21. The topological polar surface area (TPSA) is 175 Å². The normalized spacial score (nSPS) is 11.2. The van der Waals surface area contributed by atoms with Crippen molar-refractivity contribution in [2.24, 2.45) is 5.73 Å². The molecule has 0 amide bonds. The van der Waals surface area contributed by atoms with Crippen molar-refractivity contribution in [3.63, 3.8) is 0 Å². The summed E-state index contributed by atoms with van der Waals surface area (Å²) < 4.78 is 91.1. The van der Waals surface area contributed by atoms with Gasteiger partial charge in [-0.2, -0.15) is 26.3 Å². The maximum atomic E-state index is 16.0. The lowest BCUT2D eigenvalue weighted by atomic mass is 10.1. The molecule has 0 aliphatic heterocycles. The van der Waals surface area contributed by atoms with Crippen molar-refractivity contribution in [2.75, 3.05) is 11.5 Å². The average Bonchev–Trinajstić information content (AvgIpc) is 3.57. The number of imidazole rings is 1. The number of halogens is 7. The van der Waals surface area contributed by atoms with Crippen molar-refractivity contribution in [3.8, 4) is 22.8 Å². The van der Waals surface area contributed by atoms with Crippen LogP contribution in [-0.2, 0) is 16.1 Å². The Morgan fingerprint density at radius 3 is 2.00 bits per heavy atom. The Hall–Kier alpha value is -6.33. The summed E-state index contributed by atoms with van der Waals surface area (Å²) in [6.45, 7) is 6.23. The Labute approximate surface area is 303 Å². The monoisotopic (exact) mass is 765 g/mol. The molecule has 11 nitrogen and oxygen atoms in total. The molecule has 5 rings (SSSR count). The summed E-state index contributed by atoms with van der Waals surface area (Å²) in [5.74, 6) is -4.81. The summed E-state index contributed by atoms with van der Waals surface area (Å²) >= 11 is 0. The quantitative estimate of drug-likeness (QED) is 0.0531. The van der Waals surface area contributed by atoms with Crippen LogP contribution < -0.4 is 20.1 Å². The minimum absolute atomic E-state index is 0.0405. The largest absolute Gasteiger partial charge is 0.494 e. The number of carbonyl (C=O) groups is 2. The minimum atomic E-state index is -5.08. The Morgan fingerprint density at radius 2 is 1.48 bits per heavy atom. The van der Waals surface area contributed by atoms with Crippen LogP contribution >= 0.6 is 0 Å². The number of alkyl halides is 6. The number of aromatic amines is 1. The lowest BCUT2D eigenvalue weighted by molar-refractivity contribution is -0.193. The predicted octanol–water partition coefficient (Wildman–Crippen LogP) is 8.44. The summed E-state index contributed by atoms with van der Waals surface area (Å²) in [5, 5.41) is 24.3. The van der Waals surface area contributed by atoms with E-state index in [2.05, 4.69) is 29.2 Å². The SMILES string of the molecule is CCOc1cc(OC(C)C)c(F)c(N(Cc2nc(-c3ccc4ccccc4c3)c[nH]2)c2ccc(C(=N)N)cc2)c1.O=C(O)C(F)(F)F.O=C(O)C(F)(F)F. The summed E-state index contributed by atoms with van der Waals surface area (Å²) in [6, 6.07) is 24.7. The number of rotatable bonds is 10. The minimum Gasteiger partial charge on any atom is -0.494 e. The summed E-state index contributed by atoms with van der Waals surface area (Å²) in [6.07, 6.45) is -8.53. The number of aliphatic carboxylic acids is 2. The Balaban J connectivity index is 0.000000476. The molecule has 6 N–H and O–H groups in total. The van der Waals surface area contributed by atoms with Crippen LogP contribution in [0.4, 0.5) is 42.1 Å². The molecule has 1 aromatic heterocycles. The fourth-order valence-electron chi connectivity index (χ4n) is 4.57. The van der Waals surface area contributed by atoms with Crippen LogP contribution in [0.25, 0.3) is 22.0 Å². The molecule has 0 spiro atoms. The first-order valence-corrected chi connectivity index (χ1v) is 15.7. The maximum absolute atomic E-state index is 16.0. The van der Waals surface area contributed by atoms with Gasteiger partial charge in [-0.3, -0.25) is 5.41 Å². The van der Waals surface area contributed by atoms with Gasteiger partial charge in [0.1, 0.15) is 17.4 Å². The highest BCUT2D eigenvalue weighted by atomic mass is 19.4. The number of nitrogens with zero attached hydrogens (tertiary/aromatic N) is 2. The first-order chi connectivity index (χ1) is 25.2. The van der Waals surface area contributed by atoms with Gasteiger partial charge >= 0.3 is 24.3 Å². The van der Waals surface area contributed by atoms with Gasteiger partial charge in [0.05, 0.1) is 30.6 Å². The number of nitrogens with two attached hydrogens (primary N) is 1. The van der Waals surface area contributed by atoms with E-state index in [1.54, 1.807) is 41.3 Å². The summed E-state index contributed by atoms with van der Waals surface area (Å²) in [7, 11) is 0. The van der Waals surface area contributed by atoms with E-state index in [9.17, 15) is 26.3 Å². The fourth-order valence-corrected chi connectivity index (χ4v) is 4.57. The van der Waals surface area contributed by atoms with Crippen molar-refractivity contribution < 1.29 is 60.0 Å². The van der Waals surface area contributed by atoms with E-state index < -0.39 is 30.1 Å². The number of benzene rings is 4. The van der Waals surface area contributed by atoms with Crippen molar-refractivity contribution in [3.05, 3.63) is 102 Å². The summed E-state index contributed by atoms with van der Waals surface area (Å²) in [4.78, 5) is 27.7. The van der Waals surface area contributed by atoms with Crippen molar-refractivity contribution >= 4 is 39.9 Å². The average molecular weight is 766 g/mol. The number of nitrogens with one attached hydrogen (secondary N) is 2. The molecule has 5 aromatic rings. The first-order valence-electron chi connectivity index (χ1n) is 15.7. The number of hydrogen-bond acceptors (Lipinski definition) is 7. The number of nitrogen functional groups attached to an aromatic ring is 1. The van der Waals surface area contributed by atoms with Gasteiger partial charge in [-0.1, -0.05) is 36.4 Å². The molecule has 288 valence electrons. The number of carboxylic acid groups (broad SMARTS) is 2. The number of H-pyrrole nitrogens is 1. The third kappa shape index (κ3) is 11.9. The molecule has 0 radical (unpaired) electrons. The van der Waals surface area contributed by atoms with Crippen molar-refractivity contribution in [2.45, 2.75) is 45.8 Å². The number of anilines is 2. The van der Waals surface area contributed by atoms with Gasteiger partial charge in [-0.15, -0.1) is 0 Å². The molecular formula is C36H34F7N5O6. The van der Waals surface area contributed by atoms with E-state index in [1.165, 1.54) is 0 Å². The van der Waals surface area contributed by atoms with Crippen LogP contribution in [0.5, 0.6) is 11.5 Å². The molecule has 0 fully saturated rings. The van der Waals surface area contributed by atoms with E-state index in [4.69, 9.17) is 45.4 Å². The highest BCUT2D eigenvalue weighted by molar-refractivity contribution is 5.95. The Kier molecular flexibility index (Phi) is 14.0. The predicted molar refractivity (Wildman–Crippen MR) is 186 cm³/mol. The molecule has 4 aromatic carbocycles. The van der Waals surface area contributed by atoms with Crippen molar-refractivity contribution in [1.82, 2.24) is 9.97 Å². The molecule has 0 aliphatic rings. The molecular weight excluding hydrogens is 731 g/mol. The van der Waals surface area contributed by atoms with Gasteiger partial charge in [-0.05, 0) is 61.9 Å². The number of amidine groups is 1. The van der Waals surface area contributed by atoms with E-state index in [1.807, 2.05) is 45.2 Å². The van der Waals surface area contributed by atoms with Crippen LogP contribution in [0.3, 0.4) is 0 Å². The number of carboxylic acids is 2. The number of hydrogen-bond donors (Lipinski definition) is 5. The van der Waals surface area contributed by atoms with Gasteiger partial charge < -0.3 is 35.3 Å². The van der Waals surface area contributed by atoms with E-state index in [-0.39, 0.29) is 29.9 Å². The molecule has 0 saturated heterocycles. The molecule has 54 heavy (non-hydrogen) atoms. The van der Waals surface area contributed by atoms with Gasteiger partial charge in [0, 0.05) is 35.1 Å². The molecule has 0 atom stereocenters. The van der Waals surface area contributed by atoms with E-state index >= 15 is 4.39 Å². The highest BCUT2D eigenvalue weighted by Crippen LogP contribution is 2.38.